The first kappa shape index (κ1) is 15.0. The molecule has 1 rings (SSSR count). The normalized spacial score (nSPS) is 11.1. The van der Waals surface area contributed by atoms with E-state index < -0.39 is 24.0 Å². The predicted octanol–water partition coefficient (Wildman–Crippen LogP) is 1.23. The fourth-order valence-electron chi connectivity index (χ4n) is 1.29. The van der Waals surface area contributed by atoms with Crippen molar-refractivity contribution in [3.8, 4) is 11.6 Å². The Morgan fingerprint density at radius 2 is 2.05 bits per heavy atom. The van der Waals surface area contributed by atoms with Crippen LogP contribution in [0.3, 0.4) is 0 Å². The van der Waals surface area contributed by atoms with E-state index in [2.05, 4.69) is 19.2 Å². The van der Waals surface area contributed by atoms with Crippen molar-refractivity contribution in [1.82, 2.24) is 4.98 Å². The molecule has 0 radical (unpaired) electrons. The van der Waals surface area contributed by atoms with Crippen molar-refractivity contribution >= 4 is 5.97 Å². The number of pyridine rings is 1. The first-order chi connectivity index (χ1) is 8.82. The fourth-order valence-corrected chi connectivity index (χ4v) is 1.29. The van der Waals surface area contributed by atoms with Gasteiger partial charge in [0.05, 0.1) is 14.2 Å². The quantitative estimate of drug-likeness (QED) is 0.835. The lowest BCUT2D eigenvalue weighted by molar-refractivity contribution is -0.275. The SMILES string of the molecule is COC(=O)c1nc(OC)c(OC(F)(F)F)cc1CN. The third-order valence-corrected chi connectivity index (χ3v) is 2.05. The van der Waals surface area contributed by atoms with Crippen molar-refractivity contribution in [2.45, 2.75) is 12.9 Å². The van der Waals surface area contributed by atoms with Gasteiger partial charge in [-0.15, -0.1) is 13.2 Å². The molecule has 1 aromatic rings. The number of nitrogens with two attached hydrogens (primary N) is 1. The van der Waals surface area contributed by atoms with Gasteiger partial charge in [-0.3, -0.25) is 0 Å². The standard InChI is InChI=1S/C10H11F3N2O4/c1-17-8-6(19-10(11,12)13)3-5(4-14)7(15-8)9(16)18-2/h3H,4,14H2,1-2H3. The molecule has 0 atom stereocenters. The van der Waals surface area contributed by atoms with Crippen molar-refractivity contribution in [2.75, 3.05) is 14.2 Å². The highest BCUT2D eigenvalue weighted by Gasteiger charge is 2.33. The minimum Gasteiger partial charge on any atom is -0.478 e. The summed E-state index contributed by atoms with van der Waals surface area (Å²) in [5.41, 5.74) is 5.16. The van der Waals surface area contributed by atoms with Crippen LogP contribution in [0.2, 0.25) is 0 Å². The molecule has 0 amide bonds. The molecule has 0 aliphatic heterocycles. The summed E-state index contributed by atoms with van der Waals surface area (Å²) >= 11 is 0. The number of carbonyl (C=O) groups is 1. The molecule has 106 valence electrons. The van der Waals surface area contributed by atoms with Crippen LogP contribution in [-0.2, 0) is 11.3 Å². The molecule has 6 nitrogen and oxygen atoms in total. The number of aromatic nitrogens is 1. The summed E-state index contributed by atoms with van der Waals surface area (Å²) in [5.74, 6) is -2.00. The van der Waals surface area contributed by atoms with E-state index in [9.17, 15) is 18.0 Å². The van der Waals surface area contributed by atoms with E-state index in [0.717, 1.165) is 20.3 Å². The second kappa shape index (κ2) is 5.74. The van der Waals surface area contributed by atoms with E-state index in [-0.39, 0.29) is 17.8 Å². The number of hydrogen-bond acceptors (Lipinski definition) is 6. The monoisotopic (exact) mass is 280 g/mol. The molecule has 1 aromatic heterocycles. The third kappa shape index (κ3) is 3.71. The summed E-state index contributed by atoms with van der Waals surface area (Å²) in [5, 5.41) is 0. The van der Waals surface area contributed by atoms with Crippen molar-refractivity contribution < 1.29 is 32.2 Å². The van der Waals surface area contributed by atoms with Crippen LogP contribution in [0.1, 0.15) is 16.1 Å². The summed E-state index contributed by atoms with van der Waals surface area (Å²) in [6.45, 7) is -0.213. The van der Waals surface area contributed by atoms with Gasteiger partial charge < -0.3 is 19.9 Å². The van der Waals surface area contributed by atoms with Crippen LogP contribution in [0.5, 0.6) is 11.6 Å². The fraction of sp³-hybridized carbons (Fsp3) is 0.400. The van der Waals surface area contributed by atoms with Crippen molar-refractivity contribution in [2.24, 2.45) is 5.73 Å². The number of ether oxygens (including phenoxy) is 3. The van der Waals surface area contributed by atoms with E-state index in [4.69, 9.17) is 5.73 Å². The second-order valence-corrected chi connectivity index (χ2v) is 3.25. The Kier molecular flexibility index (Phi) is 4.54. The Bertz CT molecular complexity index is 477. The van der Waals surface area contributed by atoms with Gasteiger partial charge in [-0.25, -0.2) is 9.78 Å². The van der Waals surface area contributed by atoms with Gasteiger partial charge in [-0.1, -0.05) is 0 Å². The largest absolute Gasteiger partial charge is 0.573 e. The molecule has 0 bridgehead atoms. The van der Waals surface area contributed by atoms with Gasteiger partial charge in [0, 0.05) is 12.1 Å². The zero-order valence-electron chi connectivity index (χ0n) is 10.1. The zero-order chi connectivity index (χ0) is 14.6. The van der Waals surface area contributed by atoms with Crippen LogP contribution in [0.15, 0.2) is 6.07 Å². The Hall–Kier alpha value is -2.03. The first-order valence-corrected chi connectivity index (χ1v) is 4.94. The zero-order valence-corrected chi connectivity index (χ0v) is 10.1. The lowest BCUT2D eigenvalue weighted by Crippen LogP contribution is -2.19. The molecule has 19 heavy (non-hydrogen) atoms. The van der Waals surface area contributed by atoms with Crippen LogP contribution in [0, 0.1) is 0 Å². The number of halogens is 3. The van der Waals surface area contributed by atoms with E-state index in [1.54, 1.807) is 0 Å². The molecule has 9 heteroatoms. The van der Waals surface area contributed by atoms with Crippen molar-refractivity contribution in [3.05, 3.63) is 17.3 Å². The number of alkyl halides is 3. The van der Waals surface area contributed by atoms with Gasteiger partial charge in [0.15, 0.2) is 11.4 Å². The molecule has 0 aromatic carbocycles. The smallest absolute Gasteiger partial charge is 0.478 e. The summed E-state index contributed by atoms with van der Waals surface area (Å²) in [6.07, 6.45) is -4.91. The molecule has 0 saturated carbocycles. The predicted molar refractivity (Wildman–Crippen MR) is 56.7 cm³/mol. The van der Waals surface area contributed by atoms with Crippen LogP contribution < -0.4 is 15.2 Å². The maximum atomic E-state index is 12.2. The summed E-state index contributed by atoms with van der Waals surface area (Å²) in [4.78, 5) is 15.0. The molecule has 0 spiro atoms. The number of nitrogens with zero attached hydrogens (tertiary/aromatic N) is 1. The Morgan fingerprint density at radius 3 is 2.47 bits per heavy atom. The third-order valence-electron chi connectivity index (χ3n) is 2.05. The minimum atomic E-state index is -4.91. The molecule has 0 unspecified atom stereocenters. The molecule has 2 N–H and O–H groups in total. The van der Waals surface area contributed by atoms with E-state index in [0.29, 0.717) is 0 Å². The van der Waals surface area contributed by atoms with Gasteiger partial charge in [0.2, 0.25) is 0 Å². The van der Waals surface area contributed by atoms with E-state index in [1.807, 2.05) is 0 Å². The number of carbonyl (C=O) groups excluding carboxylic acids is 1. The Morgan fingerprint density at radius 1 is 1.42 bits per heavy atom. The highest BCUT2D eigenvalue weighted by atomic mass is 19.4. The minimum absolute atomic E-state index is 0.0481. The number of rotatable bonds is 4. The summed E-state index contributed by atoms with van der Waals surface area (Å²) in [6, 6.07) is 0.936. The molecule has 0 saturated heterocycles. The van der Waals surface area contributed by atoms with Gasteiger partial charge >= 0.3 is 12.3 Å². The average Bonchev–Trinajstić information content (AvgIpc) is 2.35. The first-order valence-electron chi connectivity index (χ1n) is 4.94. The van der Waals surface area contributed by atoms with Crippen molar-refractivity contribution in [1.29, 1.82) is 0 Å². The highest BCUT2D eigenvalue weighted by Crippen LogP contribution is 2.32. The van der Waals surface area contributed by atoms with Crippen LogP contribution in [0.25, 0.3) is 0 Å². The molecular formula is C10H11F3N2O4. The van der Waals surface area contributed by atoms with Crippen LogP contribution in [-0.4, -0.2) is 31.5 Å². The van der Waals surface area contributed by atoms with E-state index >= 15 is 0 Å². The molecule has 1 heterocycles. The lowest BCUT2D eigenvalue weighted by atomic mass is 10.2. The average molecular weight is 280 g/mol. The van der Waals surface area contributed by atoms with E-state index in [1.165, 1.54) is 0 Å². The molecule has 0 aliphatic carbocycles. The Balaban J connectivity index is 3.31. The van der Waals surface area contributed by atoms with Gasteiger partial charge in [-0.2, -0.15) is 0 Å². The molecule has 0 aliphatic rings. The second-order valence-electron chi connectivity index (χ2n) is 3.25. The molecular weight excluding hydrogens is 269 g/mol. The van der Waals surface area contributed by atoms with Crippen LogP contribution in [0.4, 0.5) is 13.2 Å². The van der Waals surface area contributed by atoms with Gasteiger partial charge in [-0.05, 0) is 6.07 Å². The highest BCUT2D eigenvalue weighted by molar-refractivity contribution is 5.89. The summed E-state index contributed by atoms with van der Waals surface area (Å²) in [7, 11) is 2.20. The number of hydrogen-bond donors (Lipinski definition) is 1. The number of esters is 1. The molecule has 0 fully saturated rings. The van der Waals surface area contributed by atoms with Gasteiger partial charge in [0.1, 0.15) is 0 Å². The topological polar surface area (TPSA) is 83.7 Å². The summed E-state index contributed by atoms with van der Waals surface area (Å²) < 4.78 is 49.4. The van der Waals surface area contributed by atoms with Crippen molar-refractivity contribution in [3.63, 3.8) is 0 Å². The maximum Gasteiger partial charge on any atom is 0.573 e. The Labute approximate surface area is 106 Å². The maximum absolute atomic E-state index is 12.2. The lowest BCUT2D eigenvalue weighted by Gasteiger charge is -2.14. The number of methoxy groups -OCH3 is 2. The van der Waals surface area contributed by atoms with Crippen LogP contribution >= 0.6 is 0 Å². The van der Waals surface area contributed by atoms with Gasteiger partial charge in [0.25, 0.3) is 5.88 Å².